The van der Waals surface area contributed by atoms with Crippen molar-refractivity contribution in [3.05, 3.63) is 24.3 Å². The lowest BCUT2D eigenvalue weighted by atomic mass is 10.1. The van der Waals surface area contributed by atoms with Gasteiger partial charge in [-0.15, -0.1) is 0 Å². The Morgan fingerprint density at radius 1 is 0.415 bits per heavy atom. The van der Waals surface area contributed by atoms with E-state index in [0.29, 0.717) is 6.04 Å². The molecule has 244 valence electrons. The maximum Gasteiger partial charge on any atom is 0.0642 e. The highest BCUT2D eigenvalue weighted by Gasteiger charge is 2.06. The highest BCUT2D eigenvalue weighted by atomic mass is 16.5. The Kier molecular flexibility index (Phi) is 36.8. The van der Waals surface area contributed by atoms with E-state index in [-0.39, 0.29) is 0 Å². The van der Waals surface area contributed by atoms with Gasteiger partial charge in [-0.05, 0) is 71.3 Å². The van der Waals surface area contributed by atoms with Crippen molar-refractivity contribution >= 4 is 0 Å². The first-order chi connectivity index (χ1) is 20.3. The van der Waals surface area contributed by atoms with Gasteiger partial charge in [0, 0.05) is 13.2 Å². The second-order valence-electron chi connectivity index (χ2n) is 12.3. The summed E-state index contributed by atoms with van der Waals surface area (Å²) in [6.45, 7) is 7.84. The summed E-state index contributed by atoms with van der Waals surface area (Å²) < 4.78 is 11.8. The van der Waals surface area contributed by atoms with Gasteiger partial charge in [0.25, 0.3) is 0 Å². The van der Waals surface area contributed by atoms with Gasteiger partial charge < -0.3 is 14.8 Å². The first-order valence-electron chi connectivity index (χ1n) is 18.5. The van der Waals surface area contributed by atoms with Crippen molar-refractivity contribution in [1.82, 2.24) is 5.32 Å². The van der Waals surface area contributed by atoms with Crippen molar-refractivity contribution < 1.29 is 9.47 Å². The van der Waals surface area contributed by atoms with E-state index >= 15 is 0 Å². The molecule has 0 spiro atoms. The number of rotatable bonds is 35. The van der Waals surface area contributed by atoms with Gasteiger partial charge in [-0.3, -0.25) is 0 Å². The molecular weight excluding hydrogens is 502 g/mol. The van der Waals surface area contributed by atoms with E-state index in [9.17, 15) is 0 Å². The van der Waals surface area contributed by atoms with Crippen LogP contribution in [0.15, 0.2) is 24.3 Å². The molecule has 0 heterocycles. The lowest BCUT2D eigenvalue weighted by Gasteiger charge is -2.16. The van der Waals surface area contributed by atoms with Crippen LogP contribution in [-0.4, -0.2) is 39.5 Å². The Labute approximate surface area is 259 Å². The summed E-state index contributed by atoms with van der Waals surface area (Å²) in [7, 11) is 2.02. The lowest BCUT2D eigenvalue weighted by molar-refractivity contribution is 0.0553. The zero-order valence-electron chi connectivity index (χ0n) is 28.4. The minimum atomic E-state index is 0.307. The number of ether oxygens (including phenoxy) is 2. The molecule has 0 aromatic rings. The standard InChI is InChI=1S/C38H75NO2/c1-4-6-8-10-12-14-16-18-20-22-24-26-28-30-32-34-40-36-38(39-3)37-41-35-33-31-29-27-25-23-21-19-17-15-13-11-9-7-5-2/h18-21,38-39H,4-17,22-37H2,1-3H3. The van der Waals surface area contributed by atoms with Crippen LogP contribution in [0.5, 0.6) is 0 Å². The largest absolute Gasteiger partial charge is 0.380 e. The van der Waals surface area contributed by atoms with Gasteiger partial charge in [0.15, 0.2) is 0 Å². The Bertz CT molecular complexity index is 474. The summed E-state index contributed by atoms with van der Waals surface area (Å²) in [5.41, 5.74) is 0. The quantitative estimate of drug-likeness (QED) is 0.0600. The monoisotopic (exact) mass is 578 g/mol. The number of allylic oxidation sites excluding steroid dienone is 4. The molecule has 0 fully saturated rings. The first kappa shape index (κ1) is 40.4. The molecule has 0 unspecified atom stereocenters. The van der Waals surface area contributed by atoms with Crippen LogP contribution < -0.4 is 5.32 Å². The topological polar surface area (TPSA) is 30.5 Å². The summed E-state index contributed by atoms with van der Waals surface area (Å²) in [6.07, 6.45) is 44.5. The number of nitrogens with one attached hydrogen (secondary N) is 1. The van der Waals surface area contributed by atoms with E-state index in [1.807, 2.05) is 7.05 Å². The van der Waals surface area contributed by atoms with E-state index in [4.69, 9.17) is 9.47 Å². The average Bonchev–Trinajstić information content (AvgIpc) is 2.99. The van der Waals surface area contributed by atoms with E-state index in [1.54, 1.807) is 0 Å². The minimum Gasteiger partial charge on any atom is -0.380 e. The third-order valence-electron chi connectivity index (χ3n) is 8.15. The van der Waals surface area contributed by atoms with Gasteiger partial charge >= 0.3 is 0 Å². The maximum absolute atomic E-state index is 5.92. The molecule has 0 aromatic heterocycles. The van der Waals surface area contributed by atoms with Crippen molar-refractivity contribution in [3.63, 3.8) is 0 Å². The van der Waals surface area contributed by atoms with Gasteiger partial charge in [-0.2, -0.15) is 0 Å². The Morgan fingerprint density at radius 2 is 0.707 bits per heavy atom. The predicted octanol–water partition coefficient (Wildman–Crippen LogP) is 11.9. The van der Waals surface area contributed by atoms with Crippen molar-refractivity contribution in [2.75, 3.05) is 33.5 Å². The molecule has 0 aromatic carbocycles. The zero-order valence-corrected chi connectivity index (χ0v) is 28.4. The van der Waals surface area contributed by atoms with Crippen molar-refractivity contribution in [1.29, 1.82) is 0 Å². The molecule has 41 heavy (non-hydrogen) atoms. The Balaban J connectivity index is 3.33. The normalized spacial score (nSPS) is 12.8. The molecule has 0 saturated heterocycles. The van der Waals surface area contributed by atoms with Crippen LogP contribution in [0.2, 0.25) is 0 Å². The summed E-state index contributed by atoms with van der Waals surface area (Å²) in [5, 5.41) is 3.35. The zero-order chi connectivity index (χ0) is 29.7. The molecule has 3 nitrogen and oxygen atoms in total. The average molecular weight is 578 g/mol. The van der Waals surface area contributed by atoms with Gasteiger partial charge in [0.05, 0.1) is 19.3 Å². The molecule has 0 rings (SSSR count). The van der Waals surface area contributed by atoms with Crippen molar-refractivity contribution in [2.45, 2.75) is 187 Å². The van der Waals surface area contributed by atoms with Crippen LogP contribution in [0.4, 0.5) is 0 Å². The minimum absolute atomic E-state index is 0.307. The molecule has 3 heteroatoms. The molecule has 1 N–H and O–H groups in total. The maximum atomic E-state index is 5.92. The second kappa shape index (κ2) is 37.4. The molecule has 0 saturated carbocycles. The van der Waals surface area contributed by atoms with E-state index in [0.717, 1.165) is 26.4 Å². The van der Waals surface area contributed by atoms with E-state index in [2.05, 4.69) is 43.5 Å². The van der Waals surface area contributed by atoms with Gasteiger partial charge in [-0.25, -0.2) is 0 Å². The van der Waals surface area contributed by atoms with Crippen molar-refractivity contribution in [3.8, 4) is 0 Å². The van der Waals surface area contributed by atoms with Crippen LogP contribution in [0.1, 0.15) is 181 Å². The molecule has 0 atom stereocenters. The third-order valence-corrected chi connectivity index (χ3v) is 8.15. The summed E-state index contributed by atoms with van der Waals surface area (Å²) in [4.78, 5) is 0. The summed E-state index contributed by atoms with van der Waals surface area (Å²) in [5.74, 6) is 0. The number of hydrogen-bond donors (Lipinski definition) is 1. The molecule has 0 aliphatic rings. The second-order valence-corrected chi connectivity index (χ2v) is 12.3. The SMILES string of the molecule is CCCCCCCCC=CCCCCCCCOCC(COCCCCCCCC=CCCCCCCCC)NC. The molecule has 0 aliphatic heterocycles. The predicted molar refractivity (Wildman–Crippen MR) is 184 cm³/mol. The van der Waals surface area contributed by atoms with Crippen LogP contribution in [0.25, 0.3) is 0 Å². The van der Waals surface area contributed by atoms with Crippen LogP contribution in [-0.2, 0) is 9.47 Å². The van der Waals surface area contributed by atoms with Gasteiger partial charge in [0.2, 0.25) is 0 Å². The smallest absolute Gasteiger partial charge is 0.0642 e. The molecular formula is C38H75NO2. The van der Waals surface area contributed by atoms with Gasteiger partial charge in [0.1, 0.15) is 0 Å². The third kappa shape index (κ3) is 35.5. The summed E-state index contributed by atoms with van der Waals surface area (Å²) >= 11 is 0. The lowest BCUT2D eigenvalue weighted by Crippen LogP contribution is -2.35. The van der Waals surface area contributed by atoms with E-state index < -0.39 is 0 Å². The molecule has 0 radical (unpaired) electrons. The fourth-order valence-electron chi connectivity index (χ4n) is 5.22. The van der Waals surface area contributed by atoms with Crippen LogP contribution in [0.3, 0.4) is 0 Å². The highest BCUT2D eigenvalue weighted by Crippen LogP contribution is 2.11. The number of unbranched alkanes of at least 4 members (excludes halogenated alkanes) is 22. The van der Waals surface area contributed by atoms with Crippen LogP contribution >= 0.6 is 0 Å². The Hall–Kier alpha value is -0.640. The number of likely N-dealkylation sites (N-methyl/N-ethyl adjacent to an activating group) is 1. The molecule has 0 amide bonds. The summed E-state index contributed by atoms with van der Waals surface area (Å²) in [6, 6.07) is 0.307. The fraction of sp³-hybridized carbons (Fsp3) is 0.895. The first-order valence-corrected chi connectivity index (χ1v) is 18.5. The van der Waals surface area contributed by atoms with Crippen molar-refractivity contribution in [2.24, 2.45) is 0 Å². The van der Waals surface area contributed by atoms with Crippen LogP contribution in [0, 0.1) is 0 Å². The fourth-order valence-corrected chi connectivity index (χ4v) is 5.22. The highest BCUT2D eigenvalue weighted by molar-refractivity contribution is 4.82. The molecule has 0 bridgehead atoms. The van der Waals surface area contributed by atoms with Gasteiger partial charge in [-0.1, -0.05) is 141 Å². The van der Waals surface area contributed by atoms with E-state index in [1.165, 1.54) is 167 Å². The Morgan fingerprint density at radius 3 is 1.02 bits per heavy atom. The number of hydrogen-bond acceptors (Lipinski definition) is 3. The molecule has 0 aliphatic carbocycles.